The van der Waals surface area contributed by atoms with Gasteiger partial charge in [0.25, 0.3) is 11.8 Å². The van der Waals surface area contributed by atoms with Crippen LogP contribution in [0.1, 0.15) is 40.7 Å². The minimum Gasteiger partial charge on any atom is -0.368 e. The lowest BCUT2D eigenvalue weighted by Gasteiger charge is -2.33. The van der Waals surface area contributed by atoms with E-state index in [-0.39, 0.29) is 17.9 Å². The van der Waals surface area contributed by atoms with E-state index in [1.165, 1.54) is 5.56 Å². The van der Waals surface area contributed by atoms with Crippen LogP contribution in [0, 0.1) is 0 Å². The highest BCUT2D eigenvalue weighted by atomic mass is 35.5. The molecule has 6 heteroatoms. The Hall–Kier alpha value is -2.37. The molecule has 28 heavy (non-hydrogen) atoms. The van der Waals surface area contributed by atoms with Gasteiger partial charge in [0, 0.05) is 25.4 Å². The summed E-state index contributed by atoms with van der Waals surface area (Å²) in [5, 5.41) is 3.32. The van der Waals surface area contributed by atoms with Crippen LogP contribution < -0.4 is 5.32 Å². The highest BCUT2D eigenvalue weighted by Crippen LogP contribution is 2.25. The molecule has 1 N–H and O–H groups in total. The van der Waals surface area contributed by atoms with Crippen molar-refractivity contribution in [3.63, 3.8) is 0 Å². The monoisotopic (exact) mass is 398 g/mol. The van der Waals surface area contributed by atoms with Gasteiger partial charge < -0.3 is 15.0 Å². The predicted octanol–water partition coefficient (Wildman–Crippen LogP) is 4.05. The molecule has 2 aliphatic rings. The number of carbonyl (C=O) groups is 2. The summed E-state index contributed by atoms with van der Waals surface area (Å²) in [6, 6.07) is 12.8. The Kier molecular flexibility index (Phi) is 5.64. The van der Waals surface area contributed by atoms with Crippen LogP contribution in [0.25, 0.3) is 0 Å². The average Bonchev–Trinajstić information content (AvgIpc) is 2.73. The fourth-order valence-corrected chi connectivity index (χ4v) is 4.03. The quantitative estimate of drug-likeness (QED) is 0.848. The Morgan fingerprint density at radius 2 is 1.96 bits per heavy atom. The molecule has 2 aliphatic heterocycles. The van der Waals surface area contributed by atoms with E-state index in [1.807, 2.05) is 23.1 Å². The molecule has 1 saturated heterocycles. The van der Waals surface area contributed by atoms with Crippen molar-refractivity contribution in [3.05, 3.63) is 64.2 Å². The fraction of sp³-hybridized carbons (Fsp3) is 0.364. The number of carbonyl (C=O) groups excluding carboxylic acids is 2. The molecule has 0 radical (unpaired) electrons. The maximum absolute atomic E-state index is 12.8. The molecule has 0 saturated carbocycles. The normalized spacial score (nSPS) is 19.0. The summed E-state index contributed by atoms with van der Waals surface area (Å²) < 4.78 is 5.66. The van der Waals surface area contributed by atoms with Crippen LogP contribution in [0.15, 0.2) is 42.5 Å². The zero-order valence-corrected chi connectivity index (χ0v) is 16.4. The Balaban J connectivity index is 1.47. The number of nitrogens with zero attached hydrogens (tertiary/aromatic N) is 1. The number of amides is 2. The van der Waals surface area contributed by atoms with E-state index < -0.39 is 0 Å². The Labute approximate surface area is 169 Å². The minimum atomic E-state index is -0.307. The van der Waals surface area contributed by atoms with Crippen LogP contribution in [0.3, 0.4) is 0 Å². The summed E-state index contributed by atoms with van der Waals surface area (Å²) in [7, 11) is 0. The van der Waals surface area contributed by atoms with Gasteiger partial charge in [-0.2, -0.15) is 0 Å². The molecule has 146 valence electrons. The standard InChI is InChI=1S/C22H23ClN2O3/c23-19-6-2-1-5-18(19)21(26)24-17-9-8-15-10-11-25(14-16(15)13-17)22(27)20-7-3-4-12-28-20/h1-2,5-6,8-9,13,20H,3-4,7,10-12,14H2,(H,24,26)/t20-/m1/s1. The van der Waals surface area contributed by atoms with Crippen LogP contribution >= 0.6 is 11.6 Å². The van der Waals surface area contributed by atoms with Crippen molar-refractivity contribution >= 4 is 29.1 Å². The van der Waals surface area contributed by atoms with Gasteiger partial charge in [-0.05, 0) is 61.1 Å². The zero-order chi connectivity index (χ0) is 19.5. The highest BCUT2D eigenvalue weighted by Gasteiger charge is 2.29. The summed E-state index contributed by atoms with van der Waals surface area (Å²) in [6.45, 7) is 1.92. The van der Waals surface area contributed by atoms with Crippen LogP contribution in [0.5, 0.6) is 0 Å². The Bertz CT molecular complexity index is 893. The third kappa shape index (κ3) is 4.05. The molecule has 0 aromatic heterocycles. The second kappa shape index (κ2) is 8.33. The molecule has 2 heterocycles. The van der Waals surface area contributed by atoms with Crippen LogP contribution in [0.2, 0.25) is 5.02 Å². The van der Waals surface area contributed by atoms with E-state index in [2.05, 4.69) is 5.32 Å². The lowest BCUT2D eigenvalue weighted by molar-refractivity contribution is -0.147. The van der Waals surface area contributed by atoms with Crippen molar-refractivity contribution in [2.75, 3.05) is 18.5 Å². The molecule has 5 nitrogen and oxygen atoms in total. The number of hydrogen-bond donors (Lipinski definition) is 1. The predicted molar refractivity (Wildman–Crippen MR) is 109 cm³/mol. The first-order chi connectivity index (χ1) is 13.6. The topological polar surface area (TPSA) is 58.6 Å². The molecule has 1 fully saturated rings. The van der Waals surface area contributed by atoms with E-state index in [0.29, 0.717) is 36.0 Å². The molecule has 0 aliphatic carbocycles. The summed E-state index contributed by atoms with van der Waals surface area (Å²) in [5.41, 5.74) is 3.41. The lowest BCUT2D eigenvalue weighted by Crippen LogP contribution is -2.44. The van der Waals surface area contributed by atoms with Crippen molar-refractivity contribution in [1.29, 1.82) is 0 Å². The molecule has 2 aromatic rings. The molecule has 0 unspecified atom stereocenters. The maximum atomic E-state index is 12.8. The summed E-state index contributed by atoms with van der Waals surface area (Å²) in [6.07, 6.45) is 3.38. The van der Waals surface area contributed by atoms with Crippen LogP contribution in [-0.2, 0) is 22.5 Å². The number of halogens is 1. The minimum absolute atomic E-state index is 0.0795. The number of anilines is 1. The first-order valence-electron chi connectivity index (χ1n) is 9.70. The lowest BCUT2D eigenvalue weighted by atomic mass is 9.98. The van der Waals surface area contributed by atoms with Crippen molar-refractivity contribution in [1.82, 2.24) is 4.90 Å². The molecule has 1 atom stereocenters. The zero-order valence-electron chi connectivity index (χ0n) is 15.6. The Morgan fingerprint density at radius 3 is 2.75 bits per heavy atom. The van der Waals surface area contributed by atoms with Gasteiger partial charge in [0.15, 0.2) is 0 Å². The summed E-state index contributed by atoms with van der Waals surface area (Å²) in [4.78, 5) is 27.1. The first-order valence-corrected chi connectivity index (χ1v) is 10.1. The van der Waals surface area contributed by atoms with Crippen molar-refractivity contribution in [2.45, 2.75) is 38.3 Å². The third-order valence-electron chi connectivity index (χ3n) is 5.36. The number of hydrogen-bond acceptors (Lipinski definition) is 3. The second-order valence-electron chi connectivity index (χ2n) is 7.28. The number of benzene rings is 2. The molecule has 0 bridgehead atoms. The largest absolute Gasteiger partial charge is 0.368 e. The fourth-order valence-electron chi connectivity index (χ4n) is 3.81. The van der Waals surface area contributed by atoms with E-state index in [0.717, 1.165) is 31.2 Å². The van der Waals surface area contributed by atoms with E-state index in [9.17, 15) is 9.59 Å². The van der Waals surface area contributed by atoms with Crippen LogP contribution in [-0.4, -0.2) is 36.0 Å². The van der Waals surface area contributed by atoms with Gasteiger partial charge in [-0.1, -0.05) is 29.8 Å². The van der Waals surface area contributed by atoms with Gasteiger partial charge in [0.05, 0.1) is 10.6 Å². The van der Waals surface area contributed by atoms with Gasteiger partial charge in [0.2, 0.25) is 0 Å². The molecule has 2 amide bonds. The van der Waals surface area contributed by atoms with Crippen molar-refractivity contribution in [2.24, 2.45) is 0 Å². The average molecular weight is 399 g/mol. The summed E-state index contributed by atoms with van der Waals surface area (Å²) >= 11 is 6.11. The van der Waals surface area contributed by atoms with Gasteiger partial charge in [-0.25, -0.2) is 0 Å². The maximum Gasteiger partial charge on any atom is 0.257 e. The molecule has 0 spiro atoms. The molecular formula is C22H23ClN2O3. The smallest absolute Gasteiger partial charge is 0.257 e. The highest BCUT2D eigenvalue weighted by molar-refractivity contribution is 6.34. The van der Waals surface area contributed by atoms with Gasteiger partial charge in [-0.15, -0.1) is 0 Å². The van der Waals surface area contributed by atoms with E-state index >= 15 is 0 Å². The molecule has 4 rings (SSSR count). The Morgan fingerprint density at radius 1 is 1.11 bits per heavy atom. The van der Waals surface area contributed by atoms with Gasteiger partial charge in [0.1, 0.15) is 6.10 Å². The third-order valence-corrected chi connectivity index (χ3v) is 5.69. The van der Waals surface area contributed by atoms with Crippen LogP contribution in [0.4, 0.5) is 5.69 Å². The SMILES string of the molecule is O=C(Nc1ccc2c(c1)CN(C(=O)[C@H]1CCCCO1)CC2)c1ccccc1Cl. The van der Waals surface area contributed by atoms with E-state index in [4.69, 9.17) is 16.3 Å². The summed E-state index contributed by atoms with van der Waals surface area (Å²) in [5.74, 6) is -0.166. The molecular weight excluding hydrogens is 376 g/mol. The first kappa shape index (κ1) is 19.0. The second-order valence-corrected chi connectivity index (χ2v) is 7.69. The number of nitrogens with one attached hydrogen (secondary N) is 1. The number of ether oxygens (including phenoxy) is 1. The molecule has 2 aromatic carbocycles. The van der Waals surface area contributed by atoms with Gasteiger partial charge >= 0.3 is 0 Å². The van der Waals surface area contributed by atoms with Crippen molar-refractivity contribution in [3.8, 4) is 0 Å². The van der Waals surface area contributed by atoms with Crippen molar-refractivity contribution < 1.29 is 14.3 Å². The van der Waals surface area contributed by atoms with E-state index in [1.54, 1.807) is 24.3 Å². The number of rotatable bonds is 3. The van der Waals surface area contributed by atoms with Gasteiger partial charge in [-0.3, -0.25) is 9.59 Å². The number of fused-ring (bicyclic) bond motifs is 1.